The molecule has 4 atom stereocenters. The number of methoxy groups -OCH3 is 1. The lowest BCUT2D eigenvalue weighted by molar-refractivity contribution is -0.0288. The molecule has 2 N–H and O–H groups in total. The SMILES string of the molecule is CCC1CCCCC1C(N)C(OC)C(C)(C)C. The van der Waals surface area contributed by atoms with Gasteiger partial charge in [-0.15, -0.1) is 0 Å². The molecule has 1 aliphatic carbocycles. The first-order valence-electron chi connectivity index (χ1n) is 7.20. The van der Waals surface area contributed by atoms with Crippen molar-refractivity contribution < 1.29 is 4.74 Å². The molecule has 4 unspecified atom stereocenters. The first kappa shape index (κ1) is 15.0. The molecule has 0 aromatic rings. The van der Waals surface area contributed by atoms with E-state index in [2.05, 4.69) is 27.7 Å². The van der Waals surface area contributed by atoms with Gasteiger partial charge in [0.05, 0.1) is 6.10 Å². The first-order chi connectivity index (χ1) is 7.91. The van der Waals surface area contributed by atoms with Crippen LogP contribution in [0.25, 0.3) is 0 Å². The van der Waals surface area contributed by atoms with Crippen LogP contribution >= 0.6 is 0 Å². The zero-order chi connectivity index (χ0) is 13.1. The van der Waals surface area contributed by atoms with Crippen molar-refractivity contribution in [3.63, 3.8) is 0 Å². The molecular weight excluding hydrogens is 210 g/mol. The van der Waals surface area contributed by atoms with E-state index in [1.54, 1.807) is 7.11 Å². The highest BCUT2D eigenvalue weighted by Crippen LogP contribution is 2.38. The minimum atomic E-state index is 0.129. The minimum Gasteiger partial charge on any atom is -0.379 e. The molecule has 2 nitrogen and oxygen atoms in total. The van der Waals surface area contributed by atoms with Crippen molar-refractivity contribution in [2.45, 2.75) is 71.9 Å². The predicted octanol–water partition coefficient (Wildman–Crippen LogP) is 3.59. The van der Waals surface area contributed by atoms with Crippen LogP contribution in [0.3, 0.4) is 0 Å². The van der Waals surface area contributed by atoms with Crippen molar-refractivity contribution in [3.05, 3.63) is 0 Å². The van der Waals surface area contributed by atoms with Gasteiger partial charge in [-0.2, -0.15) is 0 Å². The van der Waals surface area contributed by atoms with E-state index in [0.29, 0.717) is 5.92 Å². The number of hydrogen-bond acceptors (Lipinski definition) is 2. The van der Waals surface area contributed by atoms with E-state index in [4.69, 9.17) is 10.5 Å². The third-order valence-corrected chi connectivity index (χ3v) is 4.44. The molecule has 17 heavy (non-hydrogen) atoms. The van der Waals surface area contributed by atoms with Gasteiger partial charge in [0.25, 0.3) is 0 Å². The standard InChI is InChI=1S/C15H31NO/c1-6-11-9-7-8-10-12(11)13(16)14(17-5)15(2,3)4/h11-14H,6-10,16H2,1-5H3. The number of nitrogens with two attached hydrogens (primary N) is 1. The van der Waals surface area contributed by atoms with E-state index in [1.807, 2.05) is 0 Å². The molecule has 0 saturated heterocycles. The molecule has 1 saturated carbocycles. The Morgan fingerprint density at radius 3 is 2.29 bits per heavy atom. The summed E-state index contributed by atoms with van der Waals surface area (Å²) in [5.74, 6) is 1.46. The fourth-order valence-corrected chi connectivity index (χ4v) is 3.56. The largest absolute Gasteiger partial charge is 0.379 e. The van der Waals surface area contributed by atoms with Crippen molar-refractivity contribution >= 4 is 0 Å². The molecule has 0 spiro atoms. The molecule has 102 valence electrons. The van der Waals surface area contributed by atoms with Gasteiger partial charge in [-0.3, -0.25) is 0 Å². The third-order valence-electron chi connectivity index (χ3n) is 4.44. The zero-order valence-corrected chi connectivity index (χ0v) is 12.3. The Balaban J connectivity index is 2.74. The molecule has 1 rings (SSSR count). The van der Waals surface area contributed by atoms with Crippen LogP contribution in [-0.2, 0) is 4.74 Å². The van der Waals surface area contributed by atoms with Gasteiger partial charge < -0.3 is 10.5 Å². The Morgan fingerprint density at radius 1 is 1.24 bits per heavy atom. The van der Waals surface area contributed by atoms with Crippen LogP contribution in [0, 0.1) is 17.3 Å². The molecule has 0 heterocycles. The van der Waals surface area contributed by atoms with Crippen molar-refractivity contribution in [1.82, 2.24) is 0 Å². The Hall–Kier alpha value is -0.0800. The number of ether oxygens (including phenoxy) is 1. The lowest BCUT2D eigenvalue weighted by Gasteiger charge is -2.42. The van der Waals surface area contributed by atoms with Crippen molar-refractivity contribution in [2.75, 3.05) is 7.11 Å². The Morgan fingerprint density at radius 2 is 1.82 bits per heavy atom. The molecule has 0 aliphatic heterocycles. The summed E-state index contributed by atoms with van der Waals surface area (Å²) < 4.78 is 5.70. The van der Waals surface area contributed by atoms with Crippen LogP contribution in [0.1, 0.15) is 59.8 Å². The fourth-order valence-electron chi connectivity index (χ4n) is 3.56. The first-order valence-corrected chi connectivity index (χ1v) is 7.20. The Kier molecular flexibility index (Phi) is 5.46. The summed E-state index contributed by atoms with van der Waals surface area (Å²) in [6.07, 6.45) is 6.80. The summed E-state index contributed by atoms with van der Waals surface area (Å²) in [4.78, 5) is 0. The summed E-state index contributed by atoms with van der Waals surface area (Å²) in [5.41, 5.74) is 6.66. The normalized spacial score (nSPS) is 30.0. The second kappa shape index (κ2) is 6.19. The van der Waals surface area contributed by atoms with Gasteiger partial charge in [0, 0.05) is 13.2 Å². The van der Waals surface area contributed by atoms with E-state index in [0.717, 1.165) is 5.92 Å². The van der Waals surface area contributed by atoms with Crippen LogP contribution < -0.4 is 5.73 Å². The second-order valence-electron chi connectivity index (χ2n) is 6.72. The van der Waals surface area contributed by atoms with E-state index in [9.17, 15) is 0 Å². The van der Waals surface area contributed by atoms with E-state index in [1.165, 1.54) is 32.1 Å². The maximum atomic E-state index is 6.53. The van der Waals surface area contributed by atoms with Gasteiger partial charge in [0.2, 0.25) is 0 Å². The fraction of sp³-hybridized carbons (Fsp3) is 1.00. The summed E-state index contributed by atoms with van der Waals surface area (Å²) >= 11 is 0. The third kappa shape index (κ3) is 3.69. The van der Waals surface area contributed by atoms with Crippen LogP contribution in [0.2, 0.25) is 0 Å². The van der Waals surface area contributed by atoms with Crippen molar-refractivity contribution in [3.8, 4) is 0 Å². The minimum absolute atomic E-state index is 0.129. The van der Waals surface area contributed by atoms with Gasteiger partial charge in [-0.1, -0.05) is 53.4 Å². The average Bonchev–Trinajstić information content (AvgIpc) is 2.27. The molecule has 0 amide bonds. The maximum absolute atomic E-state index is 6.53. The molecule has 0 aromatic carbocycles. The predicted molar refractivity (Wildman–Crippen MR) is 74.0 cm³/mol. The average molecular weight is 241 g/mol. The summed E-state index contributed by atoms with van der Waals surface area (Å²) in [7, 11) is 1.81. The monoisotopic (exact) mass is 241 g/mol. The lowest BCUT2D eigenvalue weighted by Crippen LogP contribution is -2.51. The van der Waals surface area contributed by atoms with Gasteiger partial charge in [-0.25, -0.2) is 0 Å². The van der Waals surface area contributed by atoms with Gasteiger partial charge in [-0.05, 0) is 23.7 Å². The van der Waals surface area contributed by atoms with Crippen molar-refractivity contribution in [2.24, 2.45) is 23.0 Å². The van der Waals surface area contributed by atoms with Gasteiger partial charge in [0.1, 0.15) is 0 Å². The molecule has 1 fully saturated rings. The smallest absolute Gasteiger partial charge is 0.0773 e. The van der Waals surface area contributed by atoms with E-state index >= 15 is 0 Å². The second-order valence-corrected chi connectivity index (χ2v) is 6.72. The Labute approximate surface area is 107 Å². The molecule has 0 aromatic heterocycles. The number of hydrogen-bond donors (Lipinski definition) is 1. The van der Waals surface area contributed by atoms with Crippen molar-refractivity contribution in [1.29, 1.82) is 0 Å². The highest BCUT2D eigenvalue weighted by molar-refractivity contribution is 4.92. The van der Waals surface area contributed by atoms with Crippen LogP contribution in [0.15, 0.2) is 0 Å². The van der Waals surface area contributed by atoms with E-state index < -0.39 is 0 Å². The summed E-state index contributed by atoms with van der Waals surface area (Å²) in [6, 6.07) is 0.185. The topological polar surface area (TPSA) is 35.2 Å². The maximum Gasteiger partial charge on any atom is 0.0773 e. The molecular formula is C15H31NO. The van der Waals surface area contributed by atoms with Gasteiger partial charge in [0.15, 0.2) is 0 Å². The highest BCUT2D eigenvalue weighted by atomic mass is 16.5. The van der Waals surface area contributed by atoms with Crippen LogP contribution in [-0.4, -0.2) is 19.3 Å². The molecule has 1 aliphatic rings. The molecule has 2 heteroatoms. The van der Waals surface area contributed by atoms with Crippen LogP contribution in [0.4, 0.5) is 0 Å². The molecule has 0 bridgehead atoms. The molecule has 0 radical (unpaired) electrons. The zero-order valence-electron chi connectivity index (χ0n) is 12.3. The quantitative estimate of drug-likeness (QED) is 0.816. The van der Waals surface area contributed by atoms with Crippen LogP contribution in [0.5, 0.6) is 0 Å². The lowest BCUT2D eigenvalue weighted by atomic mass is 9.69. The Bertz CT molecular complexity index is 221. The highest BCUT2D eigenvalue weighted by Gasteiger charge is 2.38. The summed E-state index contributed by atoms with van der Waals surface area (Å²) in [5, 5.41) is 0. The van der Waals surface area contributed by atoms with Gasteiger partial charge >= 0.3 is 0 Å². The summed E-state index contributed by atoms with van der Waals surface area (Å²) in [6.45, 7) is 8.98. The number of rotatable bonds is 4. The van der Waals surface area contributed by atoms with E-state index in [-0.39, 0.29) is 17.6 Å².